The molecule has 0 aliphatic rings. The fourth-order valence-electron chi connectivity index (χ4n) is 3.93. The van der Waals surface area contributed by atoms with Crippen LogP contribution in [0.2, 0.25) is 0 Å². The van der Waals surface area contributed by atoms with Crippen LogP contribution in [0, 0.1) is 13.8 Å². The van der Waals surface area contributed by atoms with Crippen LogP contribution in [-0.4, -0.2) is 30.9 Å². The number of hydrogen-bond acceptors (Lipinski definition) is 7. The van der Waals surface area contributed by atoms with Crippen molar-refractivity contribution in [3.8, 4) is 22.7 Å². The van der Waals surface area contributed by atoms with E-state index in [1.807, 2.05) is 68.4 Å². The Balaban J connectivity index is 1.48. The molecule has 0 radical (unpaired) electrons. The number of ether oxygens (including phenoxy) is 1. The fourth-order valence-corrected chi connectivity index (χ4v) is 3.93. The summed E-state index contributed by atoms with van der Waals surface area (Å²) in [5.74, 6) is 0.0900. The van der Waals surface area contributed by atoms with E-state index in [-0.39, 0.29) is 5.89 Å². The third kappa shape index (κ3) is 3.94. The van der Waals surface area contributed by atoms with Crippen LogP contribution in [0.25, 0.3) is 33.7 Å². The molecule has 0 bridgehead atoms. The van der Waals surface area contributed by atoms with E-state index < -0.39 is 12.1 Å². The molecule has 2 aromatic carbocycles. The monoisotopic (exact) mass is 453 g/mol. The predicted molar refractivity (Wildman–Crippen MR) is 127 cm³/mol. The molecule has 170 valence electrons. The minimum Gasteiger partial charge on any atom is -0.449 e. The van der Waals surface area contributed by atoms with Gasteiger partial charge in [0.05, 0.1) is 22.3 Å². The molecule has 0 aliphatic heterocycles. The van der Waals surface area contributed by atoms with Crippen LogP contribution in [0.5, 0.6) is 0 Å². The van der Waals surface area contributed by atoms with E-state index in [0.717, 1.165) is 16.7 Å². The van der Waals surface area contributed by atoms with Crippen LogP contribution in [-0.2, 0) is 11.8 Å². The summed E-state index contributed by atoms with van der Waals surface area (Å²) in [5, 5.41) is 13.3. The zero-order valence-corrected chi connectivity index (χ0v) is 19.3. The summed E-state index contributed by atoms with van der Waals surface area (Å²) in [6.07, 6.45) is -0.737. The molecule has 8 heteroatoms. The lowest BCUT2D eigenvalue weighted by Gasteiger charge is -2.12. The largest absolute Gasteiger partial charge is 0.449 e. The van der Waals surface area contributed by atoms with Crippen molar-refractivity contribution in [1.82, 2.24) is 25.0 Å². The summed E-state index contributed by atoms with van der Waals surface area (Å²) < 4.78 is 13.2. The van der Waals surface area contributed by atoms with Crippen molar-refractivity contribution < 1.29 is 13.9 Å². The number of carbonyl (C=O) groups excluding carboxylic acids is 1. The van der Waals surface area contributed by atoms with Gasteiger partial charge in [-0.25, -0.2) is 9.78 Å². The third-order valence-electron chi connectivity index (χ3n) is 5.60. The van der Waals surface area contributed by atoms with Gasteiger partial charge in [0.25, 0.3) is 5.89 Å². The second-order valence-corrected chi connectivity index (χ2v) is 8.19. The van der Waals surface area contributed by atoms with Crippen LogP contribution < -0.4 is 0 Å². The van der Waals surface area contributed by atoms with Crippen molar-refractivity contribution in [2.24, 2.45) is 7.05 Å². The van der Waals surface area contributed by atoms with Crippen molar-refractivity contribution in [1.29, 1.82) is 0 Å². The molecule has 8 nitrogen and oxygen atoms in total. The highest BCUT2D eigenvalue weighted by molar-refractivity contribution is 6.05. The van der Waals surface area contributed by atoms with Crippen LogP contribution in [0.4, 0.5) is 0 Å². The lowest BCUT2D eigenvalue weighted by Crippen LogP contribution is -2.11. The maximum atomic E-state index is 13.3. The SMILES string of the molecule is Cc1cccc(-c2nnc(C(C)OC(=O)c3cc(-c4ccccc4)nc4c3c(C)nn4C)o2)c1. The Morgan fingerprint density at radius 3 is 2.53 bits per heavy atom. The molecule has 0 amide bonds. The van der Waals surface area contributed by atoms with E-state index in [4.69, 9.17) is 14.1 Å². The topological polar surface area (TPSA) is 95.9 Å². The van der Waals surface area contributed by atoms with Gasteiger partial charge in [-0.05, 0) is 39.0 Å². The molecule has 0 saturated heterocycles. The van der Waals surface area contributed by atoms with Gasteiger partial charge in [0.1, 0.15) is 0 Å². The zero-order valence-electron chi connectivity index (χ0n) is 19.3. The summed E-state index contributed by atoms with van der Waals surface area (Å²) in [6, 6.07) is 19.2. The Morgan fingerprint density at radius 2 is 1.76 bits per heavy atom. The molecule has 0 spiro atoms. The van der Waals surface area contributed by atoms with Crippen molar-refractivity contribution in [2.45, 2.75) is 26.9 Å². The number of aryl methyl sites for hydroxylation is 3. The number of aromatic nitrogens is 5. The number of esters is 1. The highest BCUT2D eigenvalue weighted by Crippen LogP contribution is 2.29. The average Bonchev–Trinajstić information content (AvgIpc) is 3.44. The first kappa shape index (κ1) is 21.5. The number of pyridine rings is 1. The molecule has 0 aliphatic carbocycles. The highest BCUT2D eigenvalue weighted by atomic mass is 16.6. The Labute approximate surface area is 196 Å². The smallest absolute Gasteiger partial charge is 0.339 e. The van der Waals surface area contributed by atoms with Crippen molar-refractivity contribution in [3.63, 3.8) is 0 Å². The Hall–Kier alpha value is -4.33. The Morgan fingerprint density at radius 1 is 1.00 bits per heavy atom. The molecule has 0 N–H and O–H groups in total. The molecule has 3 heterocycles. The van der Waals surface area contributed by atoms with Crippen LogP contribution in [0.1, 0.15) is 40.5 Å². The Bertz CT molecular complexity index is 1500. The molecule has 0 fully saturated rings. The van der Waals surface area contributed by atoms with Crippen LogP contribution in [0.3, 0.4) is 0 Å². The van der Waals surface area contributed by atoms with E-state index in [1.54, 1.807) is 24.7 Å². The molecule has 3 aromatic heterocycles. The van der Waals surface area contributed by atoms with Gasteiger partial charge in [0.15, 0.2) is 11.8 Å². The normalized spacial score (nSPS) is 12.1. The van der Waals surface area contributed by atoms with Gasteiger partial charge in [-0.1, -0.05) is 48.0 Å². The fraction of sp³-hybridized carbons (Fsp3) is 0.192. The van der Waals surface area contributed by atoms with Gasteiger partial charge in [-0.2, -0.15) is 5.10 Å². The molecular weight excluding hydrogens is 430 g/mol. The minimum absolute atomic E-state index is 0.223. The van der Waals surface area contributed by atoms with E-state index in [9.17, 15) is 4.79 Å². The molecule has 5 rings (SSSR count). The first-order chi connectivity index (χ1) is 16.4. The third-order valence-corrected chi connectivity index (χ3v) is 5.60. The van der Waals surface area contributed by atoms with E-state index >= 15 is 0 Å². The van der Waals surface area contributed by atoms with Gasteiger partial charge in [-0.15, -0.1) is 10.2 Å². The standard InChI is InChI=1S/C26H23N5O3/c1-15-9-8-12-19(13-15)25-29-28-24(34-25)17(3)33-26(32)20-14-21(18-10-6-5-7-11-18)27-23-22(20)16(2)30-31(23)4/h5-14,17H,1-4H3. The predicted octanol–water partition coefficient (Wildman–Crippen LogP) is 5.22. The van der Waals surface area contributed by atoms with E-state index in [0.29, 0.717) is 33.9 Å². The average molecular weight is 454 g/mol. The second kappa shape index (κ2) is 8.55. The highest BCUT2D eigenvalue weighted by Gasteiger charge is 2.24. The lowest BCUT2D eigenvalue weighted by atomic mass is 10.1. The number of rotatable bonds is 5. The molecule has 34 heavy (non-hydrogen) atoms. The van der Waals surface area contributed by atoms with Crippen molar-refractivity contribution in [2.75, 3.05) is 0 Å². The lowest BCUT2D eigenvalue weighted by molar-refractivity contribution is 0.0282. The van der Waals surface area contributed by atoms with Crippen molar-refractivity contribution in [3.05, 3.63) is 83.4 Å². The molecule has 5 aromatic rings. The maximum Gasteiger partial charge on any atom is 0.339 e. The summed E-state index contributed by atoms with van der Waals surface area (Å²) in [4.78, 5) is 18.1. The van der Waals surface area contributed by atoms with Gasteiger partial charge in [0, 0.05) is 18.2 Å². The van der Waals surface area contributed by atoms with Crippen LogP contribution in [0.15, 0.2) is 65.1 Å². The number of carbonyl (C=O) groups is 1. The summed E-state index contributed by atoms with van der Waals surface area (Å²) >= 11 is 0. The second-order valence-electron chi connectivity index (χ2n) is 8.19. The molecular formula is C26H23N5O3. The first-order valence-electron chi connectivity index (χ1n) is 10.9. The number of nitrogens with zero attached hydrogens (tertiary/aromatic N) is 5. The van der Waals surface area contributed by atoms with Crippen LogP contribution >= 0.6 is 0 Å². The number of benzene rings is 2. The van der Waals surface area contributed by atoms with Crippen molar-refractivity contribution >= 4 is 17.0 Å². The van der Waals surface area contributed by atoms with Gasteiger partial charge in [-0.3, -0.25) is 4.68 Å². The van der Waals surface area contributed by atoms with Gasteiger partial charge in [0.2, 0.25) is 5.89 Å². The van der Waals surface area contributed by atoms with Gasteiger partial charge >= 0.3 is 5.97 Å². The molecule has 1 atom stereocenters. The van der Waals surface area contributed by atoms with Gasteiger partial charge < -0.3 is 9.15 Å². The summed E-state index contributed by atoms with van der Waals surface area (Å²) in [5.41, 5.74) is 5.15. The molecule has 0 saturated carbocycles. The maximum absolute atomic E-state index is 13.3. The summed E-state index contributed by atoms with van der Waals surface area (Å²) in [6.45, 7) is 5.54. The quantitative estimate of drug-likeness (QED) is 0.337. The zero-order chi connectivity index (χ0) is 23.8. The minimum atomic E-state index is -0.737. The first-order valence-corrected chi connectivity index (χ1v) is 10.9. The Kier molecular flexibility index (Phi) is 5.41. The van der Waals surface area contributed by atoms with E-state index in [2.05, 4.69) is 15.3 Å². The molecule has 1 unspecified atom stereocenters. The summed E-state index contributed by atoms with van der Waals surface area (Å²) in [7, 11) is 1.81. The number of hydrogen-bond donors (Lipinski definition) is 0. The van der Waals surface area contributed by atoms with E-state index in [1.165, 1.54) is 0 Å². The number of fused-ring (bicyclic) bond motifs is 1.